The van der Waals surface area contributed by atoms with Crippen molar-refractivity contribution in [3.8, 4) is 5.75 Å². The molecule has 0 bridgehead atoms. The van der Waals surface area contributed by atoms with Crippen molar-refractivity contribution < 1.29 is 51.0 Å². The topological polar surface area (TPSA) is 138 Å². The van der Waals surface area contributed by atoms with Gasteiger partial charge in [0.05, 0.1) is 11.8 Å². The Kier molecular flexibility index (Phi) is 6.23. The molecule has 1 saturated carbocycles. The van der Waals surface area contributed by atoms with E-state index in [-0.39, 0.29) is 33.1 Å². The number of nitrogens with zero attached hydrogens (tertiary/aromatic N) is 2. The molecule has 0 aromatic heterocycles. The number of alkyl halides is 2. The van der Waals surface area contributed by atoms with Gasteiger partial charge < -0.3 is 10.8 Å². The minimum absolute atomic E-state index is 0.108. The number of phenolic OH excluding ortho intramolecular Hbond substituents is 1. The van der Waals surface area contributed by atoms with E-state index in [4.69, 9.17) is 28.9 Å². The molecule has 6 atom stereocenters. The van der Waals surface area contributed by atoms with Gasteiger partial charge in [-0.2, -0.15) is 4.90 Å². The molecule has 0 radical (unpaired) electrons. The number of carbonyl (C=O) groups excluding carboxylic acids is 5. The van der Waals surface area contributed by atoms with Crippen molar-refractivity contribution in [3.05, 3.63) is 70.6 Å². The molecular weight excluding hydrogens is 628 g/mol. The molecule has 6 amide bonds. The van der Waals surface area contributed by atoms with E-state index in [9.17, 15) is 51.0 Å². The zero-order chi connectivity index (χ0) is 31.5. The number of fused-ring (bicyclic) bond motifs is 4. The first-order chi connectivity index (χ1) is 20.1. The lowest BCUT2D eigenvalue weighted by Gasteiger charge is -2.50. The fraction of sp³-hybridized carbons (Fsp3) is 0.296. The molecule has 2 aliphatic heterocycles. The monoisotopic (exact) mass is 643 g/mol. The highest BCUT2D eigenvalue weighted by molar-refractivity contribution is 6.58. The summed E-state index contributed by atoms with van der Waals surface area (Å²) in [5.74, 6) is -23.0. The minimum Gasteiger partial charge on any atom is -0.508 e. The maximum atomic E-state index is 15.0. The average molecular weight is 644 g/mol. The number of hydrogen-bond acceptors (Lipinski definition) is 6. The third-order valence-electron chi connectivity index (χ3n) is 8.67. The highest BCUT2D eigenvalue weighted by atomic mass is 35.5. The third kappa shape index (κ3) is 3.47. The van der Waals surface area contributed by atoms with Gasteiger partial charge in [0.25, 0.3) is 11.8 Å². The average Bonchev–Trinajstić information content (AvgIpc) is 3.30. The quantitative estimate of drug-likeness (QED) is 0.128. The zero-order valence-electron chi connectivity index (χ0n) is 21.2. The van der Waals surface area contributed by atoms with Crippen LogP contribution in [0.2, 0.25) is 0 Å². The van der Waals surface area contributed by atoms with E-state index in [1.54, 1.807) is 0 Å². The van der Waals surface area contributed by atoms with Crippen LogP contribution in [0.5, 0.6) is 5.75 Å². The first kappa shape index (κ1) is 29.1. The lowest BCUT2D eigenvalue weighted by atomic mass is 9.56. The predicted octanol–water partition coefficient (Wildman–Crippen LogP) is 3.73. The number of primary amides is 1. The SMILES string of the molecule is NC(=O)N1C(=O)C2CC=C3C(CC4(Cl)C(=O)N(c5c(F)c(F)c(F)c(F)c5F)C(=O)C4(Cl)C3c3ccc(O)cc3)C2C1=O. The number of aromatic hydroxyl groups is 1. The first-order valence-corrected chi connectivity index (χ1v) is 13.3. The van der Waals surface area contributed by atoms with Gasteiger partial charge in [0, 0.05) is 5.92 Å². The number of phenols is 1. The summed E-state index contributed by atoms with van der Waals surface area (Å²) < 4.78 is 72.1. The molecule has 6 unspecified atom stereocenters. The van der Waals surface area contributed by atoms with E-state index in [0.29, 0.717) is 0 Å². The Balaban J connectivity index is 1.60. The number of rotatable bonds is 2. The van der Waals surface area contributed by atoms with Gasteiger partial charge in [0.1, 0.15) is 11.4 Å². The maximum absolute atomic E-state index is 15.0. The predicted molar refractivity (Wildman–Crippen MR) is 136 cm³/mol. The maximum Gasteiger partial charge on any atom is 0.328 e. The highest BCUT2D eigenvalue weighted by Crippen LogP contribution is 2.66. The van der Waals surface area contributed by atoms with Gasteiger partial charge in [-0.1, -0.05) is 23.8 Å². The molecule has 2 saturated heterocycles. The van der Waals surface area contributed by atoms with Gasteiger partial charge in [-0.3, -0.25) is 19.2 Å². The fourth-order valence-corrected chi connectivity index (χ4v) is 7.76. The second-order valence-corrected chi connectivity index (χ2v) is 11.9. The fourth-order valence-electron chi connectivity index (χ4n) is 6.82. The molecule has 2 aliphatic carbocycles. The van der Waals surface area contributed by atoms with Crippen molar-refractivity contribution in [1.82, 2.24) is 4.90 Å². The van der Waals surface area contributed by atoms with Gasteiger partial charge >= 0.3 is 6.03 Å². The van der Waals surface area contributed by atoms with Crippen molar-refractivity contribution in [2.24, 2.45) is 23.5 Å². The molecule has 2 heterocycles. The number of benzene rings is 2. The largest absolute Gasteiger partial charge is 0.508 e. The molecule has 224 valence electrons. The lowest BCUT2D eigenvalue weighted by Crippen LogP contribution is -2.60. The summed E-state index contributed by atoms with van der Waals surface area (Å²) in [6.45, 7) is 0. The summed E-state index contributed by atoms with van der Waals surface area (Å²) in [5, 5.41) is 9.86. The number of hydrogen-bond donors (Lipinski definition) is 2. The molecule has 3 N–H and O–H groups in total. The molecule has 6 rings (SSSR count). The van der Waals surface area contributed by atoms with Crippen LogP contribution in [0, 0.1) is 46.8 Å². The Hall–Kier alpha value is -4.04. The van der Waals surface area contributed by atoms with Crippen LogP contribution in [0.15, 0.2) is 35.9 Å². The van der Waals surface area contributed by atoms with Crippen molar-refractivity contribution in [2.45, 2.75) is 28.5 Å². The molecule has 2 aromatic rings. The van der Waals surface area contributed by atoms with Crippen molar-refractivity contribution >= 4 is 58.5 Å². The van der Waals surface area contributed by atoms with E-state index >= 15 is 0 Å². The van der Waals surface area contributed by atoms with Crippen molar-refractivity contribution in [3.63, 3.8) is 0 Å². The van der Waals surface area contributed by atoms with Crippen molar-refractivity contribution in [2.75, 3.05) is 4.90 Å². The van der Waals surface area contributed by atoms with Gasteiger partial charge in [-0.05, 0) is 36.5 Å². The second kappa shape index (κ2) is 9.23. The highest BCUT2D eigenvalue weighted by Gasteiger charge is 2.77. The van der Waals surface area contributed by atoms with Crippen LogP contribution in [0.4, 0.5) is 32.4 Å². The van der Waals surface area contributed by atoms with Crippen LogP contribution < -0.4 is 10.6 Å². The molecule has 0 spiro atoms. The summed E-state index contributed by atoms with van der Waals surface area (Å²) in [7, 11) is 0. The van der Waals surface area contributed by atoms with E-state index in [2.05, 4.69) is 0 Å². The molecule has 3 fully saturated rings. The van der Waals surface area contributed by atoms with E-state index in [1.807, 2.05) is 0 Å². The van der Waals surface area contributed by atoms with Crippen LogP contribution >= 0.6 is 23.2 Å². The van der Waals surface area contributed by atoms with Crippen LogP contribution in [0.3, 0.4) is 0 Å². The minimum atomic E-state index is -2.69. The Morgan fingerprint density at radius 2 is 1.42 bits per heavy atom. The van der Waals surface area contributed by atoms with E-state index in [1.165, 1.54) is 30.3 Å². The van der Waals surface area contributed by atoms with E-state index < -0.39 is 104 Å². The zero-order valence-corrected chi connectivity index (χ0v) is 22.7. The Morgan fingerprint density at radius 3 is 1.98 bits per heavy atom. The van der Waals surface area contributed by atoms with Crippen LogP contribution in [-0.4, -0.2) is 49.4 Å². The van der Waals surface area contributed by atoms with Crippen LogP contribution in [-0.2, 0) is 19.2 Å². The second-order valence-electron chi connectivity index (χ2n) is 10.6. The number of carbonyl (C=O) groups is 5. The van der Waals surface area contributed by atoms with Crippen LogP contribution in [0.1, 0.15) is 24.3 Å². The van der Waals surface area contributed by atoms with Crippen molar-refractivity contribution in [1.29, 1.82) is 0 Å². The summed E-state index contributed by atoms with van der Waals surface area (Å²) in [6, 6.07) is 3.58. The Morgan fingerprint density at radius 1 is 0.860 bits per heavy atom. The number of nitrogens with two attached hydrogens (primary N) is 1. The van der Waals surface area contributed by atoms with Gasteiger partial charge in [-0.25, -0.2) is 31.6 Å². The third-order valence-corrected chi connectivity index (χ3v) is 10.1. The van der Waals surface area contributed by atoms with Gasteiger partial charge in [-0.15, -0.1) is 23.2 Å². The number of anilines is 1. The Labute approximate surface area is 247 Å². The summed E-state index contributed by atoms with van der Waals surface area (Å²) in [4.78, 5) is 60.7. The van der Waals surface area contributed by atoms with Gasteiger partial charge in [0.2, 0.25) is 17.6 Å². The number of urea groups is 1. The number of halogens is 7. The first-order valence-electron chi connectivity index (χ1n) is 12.5. The molecule has 16 heteroatoms. The van der Waals surface area contributed by atoms with E-state index in [0.717, 1.165) is 0 Å². The number of imide groups is 4. The number of allylic oxidation sites excluding steroid dienone is 2. The number of likely N-dealkylation sites (tertiary alicyclic amines) is 1. The molecule has 9 nitrogen and oxygen atoms in total. The lowest BCUT2D eigenvalue weighted by molar-refractivity contribution is -0.136. The van der Waals surface area contributed by atoms with Gasteiger partial charge in [0.15, 0.2) is 33.0 Å². The van der Waals surface area contributed by atoms with Crippen LogP contribution in [0.25, 0.3) is 0 Å². The molecule has 2 aromatic carbocycles. The molecule has 43 heavy (non-hydrogen) atoms. The molecule has 4 aliphatic rings. The summed E-state index contributed by atoms with van der Waals surface area (Å²) in [5.41, 5.74) is 3.64. The Bertz CT molecular complexity index is 1710. The number of amides is 6. The molecular formula is C27H16Cl2F5N3O6. The standard InChI is InChI=1S/C27H16Cl2F5N3O6/c28-26-7-12-10(5-6-11-13(12)22(40)37(21(11)39)25(35)43)14(8-1-3-9(38)4-2-8)27(26,29)24(42)36(23(26)41)20-18(33)16(31)15(30)17(32)19(20)34/h1-5,11-14,38H,6-7H2,(H2,35,43). The summed E-state index contributed by atoms with van der Waals surface area (Å²) in [6.07, 6.45) is 0.589. The summed E-state index contributed by atoms with van der Waals surface area (Å²) >= 11 is 13.8. The smallest absolute Gasteiger partial charge is 0.328 e. The normalized spacial score (nSPS) is 31.7.